The molecule has 2 heterocycles. The Kier molecular flexibility index (Phi) is 4.11. The number of carbonyl (C=O) groups is 1. The summed E-state index contributed by atoms with van der Waals surface area (Å²) in [5, 5.41) is 1.27. The molecule has 4 rings (SSSR count). The van der Waals surface area contributed by atoms with Crippen molar-refractivity contribution in [2.24, 2.45) is 0 Å². The maximum Gasteiger partial charge on any atom is 0.337 e. The number of benzene rings is 2. The lowest BCUT2D eigenvalue weighted by atomic mass is 9.94. The summed E-state index contributed by atoms with van der Waals surface area (Å²) in [6.07, 6.45) is 2.97. The fourth-order valence-electron chi connectivity index (χ4n) is 3.68. The fraction of sp³-hybridized carbons (Fsp3) is 0.273. The molecule has 26 heavy (non-hydrogen) atoms. The van der Waals surface area contributed by atoms with Gasteiger partial charge in [-0.1, -0.05) is 6.07 Å². The summed E-state index contributed by atoms with van der Waals surface area (Å²) >= 11 is 0. The first-order valence-corrected chi connectivity index (χ1v) is 8.88. The number of rotatable bonds is 2. The first-order chi connectivity index (χ1) is 12.6. The van der Waals surface area contributed by atoms with Crippen LogP contribution in [-0.4, -0.2) is 24.6 Å². The normalized spacial score (nSPS) is 13.6. The molecular formula is C22H22N2O2. The minimum Gasteiger partial charge on any atom is -0.465 e. The molecule has 4 heteroatoms. The maximum absolute atomic E-state index is 11.8. The van der Waals surface area contributed by atoms with E-state index in [-0.39, 0.29) is 5.97 Å². The summed E-state index contributed by atoms with van der Waals surface area (Å²) < 4.78 is 4.84. The van der Waals surface area contributed by atoms with Crippen molar-refractivity contribution in [1.29, 1.82) is 0 Å². The molecule has 0 unspecified atom stereocenters. The van der Waals surface area contributed by atoms with E-state index < -0.39 is 0 Å². The predicted molar refractivity (Wildman–Crippen MR) is 104 cm³/mol. The highest BCUT2D eigenvalue weighted by atomic mass is 16.5. The quantitative estimate of drug-likeness (QED) is 0.652. The van der Waals surface area contributed by atoms with E-state index in [9.17, 15) is 4.79 Å². The van der Waals surface area contributed by atoms with Crippen molar-refractivity contribution < 1.29 is 9.53 Å². The van der Waals surface area contributed by atoms with Gasteiger partial charge < -0.3 is 9.64 Å². The van der Waals surface area contributed by atoms with Gasteiger partial charge in [0.25, 0.3) is 0 Å². The number of anilines is 1. The molecule has 0 saturated heterocycles. The van der Waals surface area contributed by atoms with E-state index in [0.717, 1.165) is 30.7 Å². The average molecular weight is 346 g/mol. The predicted octanol–water partition coefficient (Wildman–Crippen LogP) is 4.20. The number of hydrogen-bond acceptors (Lipinski definition) is 4. The van der Waals surface area contributed by atoms with Gasteiger partial charge in [-0.3, -0.25) is 4.98 Å². The zero-order chi connectivity index (χ0) is 18.3. The molecule has 3 aromatic rings. The van der Waals surface area contributed by atoms with Crippen LogP contribution in [0.5, 0.6) is 0 Å². The van der Waals surface area contributed by atoms with Crippen LogP contribution in [0.4, 0.5) is 5.69 Å². The molecule has 0 atom stereocenters. The van der Waals surface area contributed by atoms with E-state index in [4.69, 9.17) is 4.74 Å². The molecule has 0 N–H and O–H groups in total. The van der Waals surface area contributed by atoms with Gasteiger partial charge in [-0.15, -0.1) is 0 Å². The van der Waals surface area contributed by atoms with Crippen LogP contribution in [0.15, 0.2) is 42.6 Å². The molecule has 0 bridgehead atoms. The van der Waals surface area contributed by atoms with Crippen molar-refractivity contribution in [3.63, 3.8) is 0 Å². The topological polar surface area (TPSA) is 42.4 Å². The molecule has 0 spiro atoms. The number of aromatic nitrogens is 1. The van der Waals surface area contributed by atoms with Gasteiger partial charge in [0, 0.05) is 30.4 Å². The number of hydrogen-bond donors (Lipinski definition) is 0. The lowest BCUT2D eigenvalue weighted by Gasteiger charge is -2.31. The Bertz CT molecular complexity index is 1010. The number of methoxy groups -OCH3 is 1. The number of esters is 1. The molecule has 1 aliphatic heterocycles. The maximum atomic E-state index is 11.8. The molecule has 0 amide bonds. The number of carbonyl (C=O) groups excluding carboxylic acids is 1. The highest BCUT2D eigenvalue weighted by molar-refractivity contribution is 5.90. The molecule has 132 valence electrons. The molecule has 0 radical (unpaired) electrons. The first-order valence-electron chi connectivity index (χ1n) is 8.88. The van der Waals surface area contributed by atoms with Crippen LogP contribution in [0, 0.1) is 13.8 Å². The second-order valence-corrected chi connectivity index (χ2v) is 6.93. The summed E-state index contributed by atoms with van der Waals surface area (Å²) in [4.78, 5) is 18.8. The van der Waals surface area contributed by atoms with Crippen LogP contribution in [0.25, 0.3) is 10.9 Å². The second-order valence-electron chi connectivity index (χ2n) is 6.93. The van der Waals surface area contributed by atoms with Gasteiger partial charge >= 0.3 is 5.97 Å². The van der Waals surface area contributed by atoms with E-state index in [1.807, 2.05) is 24.4 Å². The lowest BCUT2D eigenvalue weighted by molar-refractivity contribution is 0.0601. The molecule has 0 saturated carbocycles. The van der Waals surface area contributed by atoms with Crippen molar-refractivity contribution in [2.45, 2.75) is 26.8 Å². The number of aryl methyl sites for hydroxylation is 2. The third-order valence-corrected chi connectivity index (χ3v) is 5.31. The van der Waals surface area contributed by atoms with Crippen LogP contribution in [0.3, 0.4) is 0 Å². The highest BCUT2D eigenvalue weighted by Crippen LogP contribution is 2.30. The van der Waals surface area contributed by atoms with Crippen LogP contribution in [-0.2, 0) is 17.7 Å². The lowest BCUT2D eigenvalue weighted by Crippen LogP contribution is -2.30. The van der Waals surface area contributed by atoms with E-state index in [1.54, 1.807) is 6.07 Å². The first kappa shape index (κ1) is 16.6. The van der Waals surface area contributed by atoms with Gasteiger partial charge in [0.1, 0.15) is 0 Å². The number of fused-ring (bicyclic) bond motifs is 3. The zero-order valence-corrected chi connectivity index (χ0v) is 15.4. The van der Waals surface area contributed by atoms with Crippen molar-refractivity contribution in [3.05, 3.63) is 70.4 Å². The number of nitrogens with zero attached hydrogens (tertiary/aromatic N) is 2. The fourth-order valence-corrected chi connectivity index (χ4v) is 3.68. The van der Waals surface area contributed by atoms with E-state index in [0.29, 0.717) is 5.56 Å². The Hall–Kier alpha value is -2.88. The van der Waals surface area contributed by atoms with Crippen molar-refractivity contribution in [1.82, 2.24) is 4.98 Å². The Labute approximate surface area is 153 Å². The average Bonchev–Trinajstić information content (AvgIpc) is 2.68. The van der Waals surface area contributed by atoms with Crippen LogP contribution in [0.1, 0.15) is 32.6 Å². The van der Waals surface area contributed by atoms with Crippen LogP contribution >= 0.6 is 0 Å². The molecule has 0 fully saturated rings. The SMILES string of the molecule is COC(=O)c1cccc(N2CCc3c(cnc4cc(C)c(C)cc34)C2)c1. The Morgan fingerprint density at radius 2 is 1.96 bits per heavy atom. The van der Waals surface area contributed by atoms with Gasteiger partial charge in [0.05, 0.1) is 18.2 Å². The summed E-state index contributed by atoms with van der Waals surface area (Å²) in [5.74, 6) is -0.303. The number of pyridine rings is 1. The molecule has 0 aliphatic carbocycles. The summed E-state index contributed by atoms with van der Waals surface area (Å²) in [6.45, 7) is 6.01. The van der Waals surface area contributed by atoms with Crippen molar-refractivity contribution >= 4 is 22.6 Å². The zero-order valence-electron chi connectivity index (χ0n) is 15.4. The van der Waals surface area contributed by atoms with Gasteiger partial charge in [0.15, 0.2) is 0 Å². The highest BCUT2D eigenvalue weighted by Gasteiger charge is 2.20. The number of ether oxygens (including phenoxy) is 1. The summed E-state index contributed by atoms with van der Waals surface area (Å²) in [6, 6.07) is 12.1. The summed E-state index contributed by atoms with van der Waals surface area (Å²) in [5.41, 5.74) is 7.95. The van der Waals surface area contributed by atoms with E-state index in [1.165, 1.54) is 34.7 Å². The Balaban J connectivity index is 1.69. The van der Waals surface area contributed by atoms with Gasteiger partial charge in [-0.05, 0) is 72.9 Å². The van der Waals surface area contributed by atoms with E-state index >= 15 is 0 Å². The standard InChI is InChI=1S/C22H22N2O2/c1-14-9-20-19-7-8-24(13-17(19)12-23-21(20)10-15(14)2)18-6-4-5-16(11-18)22(25)26-3/h4-6,9-12H,7-8,13H2,1-3H3. The van der Waals surface area contributed by atoms with Crippen molar-refractivity contribution in [3.8, 4) is 0 Å². The molecule has 1 aromatic heterocycles. The van der Waals surface area contributed by atoms with Gasteiger partial charge in [-0.2, -0.15) is 0 Å². The third-order valence-electron chi connectivity index (χ3n) is 5.31. The van der Waals surface area contributed by atoms with Gasteiger partial charge in [-0.25, -0.2) is 4.79 Å². The largest absolute Gasteiger partial charge is 0.465 e. The minimum atomic E-state index is -0.303. The minimum absolute atomic E-state index is 0.303. The van der Waals surface area contributed by atoms with Crippen LogP contribution in [0.2, 0.25) is 0 Å². The second kappa shape index (κ2) is 6.45. The summed E-state index contributed by atoms with van der Waals surface area (Å²) in [7, 11) is 1.41. The van der Waals surface area contributed by atoms with Crippen LogP contribution < -0.4 is 4.90 Å². The third kappa shape index (κ3) is 2.81. The molecule has 4 nitrogen and oxygen atoms in total. The van der Waals surface area contributed by atoms with E-state index in [2.05, 4.69) is 35.9 Å². The molecule has 1 aliphatic rings. The molecule has 2 aromatic carbocycles. The molecular weight excluding hydrogens is 324 g/mol. The van der Waals surface area contributed by atoms with Gasteiger partial charge in [0.2, 0.25) is 0 Å². The smallest absolute Gasteiger partial charge is 0.337 e. The Morgan fingerprint density at radius 1 is 1.15 bits per heavy atom. The monoisotopic (exact) mass is 346 g/mol. The Morgan fingerprint density at radius 3 is 2.77 bits per heavy atom. The van der Waals surface area contributed by atoms with Crippen molar-refractivity contribution in [2.75, 3.05) is 18.6 Å².